The number of aliphatic hydroxyl groups excluding tert-OH is 1. The van der Waals surface area contributed by atoms with Crippen LogP contribution >= 0.6 is 0 Å². The quantitative estimate of drug-likeness (QED) is 0.205. The molecule has 0 spiro atoms. The highest BCUT2D eigenvalue weighted by atomic mass is 32.2. The molecule has 0 bridgehead atoms. The number of primary amides is 1. The first-order chi connectivity index (χ1) is 18.3. The van der Waals surface area contributed by atoms with Crippen molar-refractivity contribution in [1.82, 2.24) is 4.98 Å². The Balaban J connectivity index is 2.01. The fraction of sp³-hybridized carbons (Fsp3) is 0.333. The van der Waals surface area contributed by atoms with Crippen LogP contribution in [0.2, 0.25) is 0 Å². The van der Waals surface area contributed by atoms with Crippen molar-refractivity contribution in [3.8, 4) is 17.2 Å². The first kappa shape index (κ1) is 28.9. The summed E-state index contributed by atoms with van der Waals surface area (Å²) in [7, 11) is 1.56. The fourth-order valence-electron chi connectivity index (χ4n) is 3.81. The number of aromatic nitrogens is 1. The summed E-state index contributed by atoms with van der Waals surface area (Å²) in [5.41, 5.74) is 7.37. The number of hydrogen-bond acceptors (Lipinski definition) is 7. The van der Waals surface area contributed by atoms with E-state index in [1.54, 1.807) is 31.5 Å². The van der Waals surface area contributed by atoms with Gasteiger partial charge < -0.3 is 25.1 Å². The molecule has 1 heterocycles. The highest BCUT2D eigenvalue weighted by Gasteiger charge is 2.25. The van der Waals surface area contributed by atoms with Gasteiger partial charge in [0.2, 0.25) is 5.91 Å². The molecule has 3 aromatic rings. The molecule has 0 aliphatic carbocycles. The van der Waals surface area contributed by atoms with Crippen molar-refractivity contribution in [3.05, 3.63) is 71.4 Å². The molecule has 0 aliphatic heterocycles. The summed E-state index contributed by atoms with van der Waals surface area (Å²) < 4.78 is 41.0. The number of ether oxygens (including phenoxy) is 3. The number of amides is 1. The Kier molecular flexibility index (Phi) is 10.5. The van der Waals surface area contributed by atoms with Crippen LogP contribution < -0.4 is 24.2 Å². The molecule has 10 nitrogen and oxygen atoms in total. The highest BCUT2D eigenvalue weighted by Crippen LogP contribution is 2.37. The number of anilines is 2. The fourth-order valence-corrected chi connectivity index (χ4v) is 4.40. The molecule has 3 rings (SSSR count). The molecule has 0 saturated heterocycles. The van der Waals surface area contributed by atoms with E-state index in [4.69, 9.17) is 19.9 Å². The van der Waals surface area contributed by atoms with Crippen molar-refractivity contribution >= 4 is 28.7 Å². The number of hydrogen-bond donors (Lipinski definition) is 3. The molecule has 1 amide bonds. The number of benzene rings is 2. The zero-order valence-corrected chi connectivity index (χ0v) is 22.4. The number of aliphatic hydroxyl groups is 1. The Morgan fingerprint density at radius 3 is 2.37 bits per heavy atom. The van der Waals surface area contributed by atoms with Gasteiger partial charge in [-0.25, -0.2) is 13.5 Å². The lowest BCUT2D eigenvalue weighted by Crippen LogP contribution is -2.24. The zero-order chi connectivity index (χ0) is 27.7. The van der Waals surface area contributed by atoms with Gasteiger partial charge in [0.05, 0.1) is 26.0 Å². The molecular weight excluding hydrogens is 510 g/mol. The van der Waals surface area contributed by atoms with Gasteiger partial charge in [-0.3, -0.25) is 9.35 Å². The van der Waals surface area contributed by atoms with Gasteiger partial charge >= 0.3 is 0 Å². The van der Waals surface area contributed by atoms with Crippen molar-refractivity contribution in [2.24, 2.45) is 5.73 Å². The molecule has 0 fully saturated rings. The number of para-hydroxylation sites is 2. The maximum absolute atomic E-state index is 12.6. The van der Waals surface area contributed by atoms with Crippen LogP contribution in [0.5, 0.6) is 17.2 Å². The Labute approximate surface area is 224 Å². The lowest BCUT2D eigenvalue weighted by Gasteiger charge is -2.25. The van der Waals surface area contributed by atoms with E-state index < -0.39 is 17.2 Å². The van der Waals surface area contributed by atoms with E-state index in [1.165, 1.54) is 12.1 Å². The molecule has 1 unspecified atom stereocenters. The molecule has 204 valence electrons. The van der Waals surface area contributed by atoms with E-state index in [1.807, 2.05) is 32.0 Å². The molecule has 1 atom stereocenters. The van der Waals surface area contributed by atoms with Crippen LogP contribution in [-0.4, -0.2) is 51.7 Å². The first-order valence-electron chi connectivity index (χ1n) is 12.1. The number of rotatable bonds is 14. The van der Waals surface area contributed by atoms with Crippen molar-refractivity contribution in [1.29, 1.82) is 0 Å². The third-order valence-electron chi connectivity index (χ3n) is 5.74. The van der Waals surface area contributed by atoms with E-state index in [0.29, 0.717) is 36.5 Å². The van der Waals surface area contributed by atoms with Gasteiger partial charge in [-0.05, 0) is 54.7 Å². The van der Waals surface area contributed by atoms with E-state index in [9.17, 15) is 18.7 Å². The molecule has 0 saturated carbocycles. The Morgan fingerprint density at radius 1 is 1.08 bits per heavy atom. The largest absolute Gasteiger partial charge is 0.493 e. The second kappa shape index (κ2) is 13.8. The summed E-state index contributed by atoms with van der Waals surface area (Å²) in [4.78, 5) is 16.5. The number of carbonyl (C=O) groups excluding carboxylic acids is 1. The van der Waals surface area contributed by atoms with Crippen molar-refractivity contribution in [3.63, 3.8) is 0 Å². The lowest BCUT2D eigenvalue weighted by molar-refractivity contribution is 0.0999. The predicted octanol–water partition coefficient (Wildman–Crippen LogP) is 3.97. The van der Waals surface area contributed by atoms with Gasteiger partial charge in [0, 0.05) is 17.3 Å². The molecule has 4 N–H and O–H groups in total. The summed E-state index contributed by atoms with van der Waals surface area (Å²) in [5.74, 6) is 1.14. The highest BCUT2D eigenvalue weighted by molar-refractivity contribution is 7.81. The summed E-state index contributed by atoms with van der Waals surface area (Å²) in [5, 5.41) is 9.34. The van der Waals surface area contributed by atoms with Gasteiger partial charge in [-0.15, -0.1) is 0 Å². The SMILES string of the molecule is COc1ccccc1OCCCc1c(OCCO)cc(C(N)=O)cc1N(c1ccc(C(C)C)cn1)S(=O)O. The van der Waals surface area contributed by atoms with Crippen LogP contribution in [0.15, 0.2) is 54.7 Å². The van der Waals surface area contributed by atoms with Gasteiger partial charge in [-0.1, -0.05) is 32.0 Å². The smallest absolute Gasteiger partial charge is 0.267 e. The summed E-state index contributed by atoms with van der Waals surface area (Å²) in [6, 6.07) is 13.6. The Bertz CT molecular complexity index is 1250. The first-order valence-corrected chi connectivity index (χ1v) is 13.2. The van der Waals surface area contributed by atoms with Gasteiger partial charge in [0.15, 0.2) is 11.5 Å². The number of carbonyl (C=O) groups is 1. The van der Waals surface area contributed by atoms with Crippen molar-refractivity contribution < 1.29 is 32.9 Å². The normalized spacial score (nSPS) is 11.7. The van der Waals surface area contributed by atoms with E-state index in [0.717, 1.165) is 9.87 Å². The average molecular weight is 544 g/mol. The van der Waals surface area contributed by atoms with Crippen LogP contribution in [0.1, 0.15) is 47.7 Å². The van der Waals surface area contributed by atoms with Crippen LogP contribution in [0.3, 0.4) is 0 Å². The molecule has 0 aliphatic rings. The third-order valence-corrected chi connectivity index (χ3v) is 6.43. The maximum atomic E-state index is 12.6. The second-order valence-corrected chi connectivity index (χ2v) is 9.47. The van der Waals surface area contributed by atoms with Crippen LogP contribution in [0.4, 0.5) is 11.5 Å². The second-order valence-electron chi connectivity index (χ2n) is 8.64. The van der Waals surface area contributed by atoms with Gasteiger partial charge in [0.1, 0.15) is 18.2 Å². The monoisotopic (exact) mass is 543 g/mol. The summed E-state index contributed by atoms with van der Waals surface area (Å²) in [6.07, 6.45) is 2.48. The molecule has 1 aromatic heterocycles. The maximum Gasteiger partial charge on any atom is 0.267 e. The van der Waals surface area contributed by atoms with Gasteiger partial charge in [0.25, 0.3) is 11.3 Å². The predicted molar refractivity (Wildman–Crippen MR) is 146 cm³/mol. The van der Waals surface area contributed by atoms with E-state index >= 15 is 0 Å². The van der Waals surface area contributed by atoms with Crippen LogP contribution in [0, 0.1) is 0 Å². The van der Waals surface area contributed by atoms with Crippen LogP contribution in [0.25, 0.3) is 0 Å². The minimum atomic E-state index is -2.54. The minimum Gasteiger partial charge on any atom is -0.493 e. The number of methoxy groups -OCH3 is 1. The molecular formula is C27H33N3O7S. The molecule has 2 aromatic carbocycles. The summed E-state index contributed by atoms with van der Waals surface area (Å²) >= 11 is -2.54. The minimum absolute atomic E-state index is 0.0457. The number of pyridine rings is 1. The zero-order valence-electron chi connectivity index (χ0n) is 21.6. The van der Waals surface area contributed by atoms with Crippen LogP contribution in [-0.2, 0) is 17.7 Å². The van der Waals surface area contributed by atoms with E-state index in [2.05, 4.69) is 4.98 Å². The average Bonchev–Trinajstić information content (AvgIpc) is 2.90. The number of nitrogens with zero attached hydrogens (tertiary/aromatic N) is 2. The lowest BCUT2D eigenvalue weighted by atomic mass is 10.0. The Hall–Kier alpha value is -3.67. The third kappa shape index (κ3) is 7.21. The topological polar surface area (TPSA) is 144 Å². The number of nitrogens with two attached hydrogens (primary N) is 1. The van der Waals surface area contributed by atoms with Gasteiger partial charge in [-0.2, -0.15) is 0 Å². The molecule has 0 radical (unpaired) electrons. The van der Waals surface area contributed by atoms with Crippen molar-refractivity contribution in [2.75, 3.05) is 31.2 Å². The summed E-state index contributed by atoms with van der Waals surface area (Å²) in [6.45, 7) is 4.03. The molecule has 11 heteroatoms. The molecule has 38 heavy (non-hydrogen) atoms. The van der Waals surface area contributed by atoms with Crippen molar-refractivity contribution in [2.45, 2.75) is 32.6 Å². The van der Waals surface area contributed by atoms with E-state index in [-0.39, 0.29) is 41.9 Å². The Morgan fingerprint density at radius 2 is 1.79 bits per heavy atom. The standard InChI is InChI=1S/C27H33N3O7S/c1-18(2)19-10-11-26(29-17-19)30(38(33)34)22-15-20(27(28)32)16-25(37-14-12-31)21(22)7-6-13-36-24-9-5-4-8-23(24)35-3/h4-5,8-11,15-18,31H,6-7,12-14H2,1-3H3,(H2,28,32)(H,33,34).